The quantitative estimate of drug-likeness (QED) is 0.592. The summed E-state index contributed by atoms with van der Waals surface area (Å²) in [6, 6.07) is 3.79. The molecule has 0 aliphatic carbocycles. The monoisotopic (exact) mass is 224 g/mol. The lowest BCUT2D eigenvalue weighted by Gasteiger charge is -2.12. The number of nitro groups is 1. The van der Waals surface area contributed by atoms with E-state index in [1.807, 2.05) is 0 Å². The Kier molecular flexibility index (Phi) is 2.91. The minimum atomic E-state index is -0.517. The summed E-state index contributed by atoms with van der Waals surface area (Å²) in [6.07, 6.45) is 0.743. The third-order valence-corrected chi connectivity index (χ3v) is 2.45. The molecule has 1 fully saturated rings. The normalized spacial score (nSPS) is 19.6. The Morgan fingerprint density at radius 1 is 1.56 bits per heavy atom. The Morgan fingerprint density at radius 2 is 2.38 bits per heavy atom. The lowest BCUT2D eigenvalue weighted by molar-refractivity contribution is -0.386. The standard InChI is InChI=1S/C10H12N2O4/c13-7-1-2-9(12(14)15)10(5-7)16-8-3-4-11-6-8/h1-2,5,8,11,13H,3-4,6H2. The van der Waals surface area contributed by atoms with Crippen LogP contribution in [0.2, 0.25) is 0 Å². The zero-order valence-electron chi connectivity index (χ0n) is 8.55. The Morgan fingerprint density at radius 3 is 3.00 bits per heavy atom. The summed E-state index contributed by atoms with van der Waals surface area (Å²) < 4.78 is 5.48. The number of ether oxygens (including phenoxy) is 1. The first-order valence-corrected chi connectivity index (χ1v) is 5.01. The molecule has 6 nitrogen and oxygen atoms in total. The molecule has 0 amide bonds. The van der Waals surface area contributed by atoms with Crippen LogP contribution in [-0.2, 0) is 0 Å². The highest BCUT2D eigenvalue weighted by Crippen LogP contribution is 2.31. The molecule has 0 saturated carbocycles. The van der Waals surface area contributed by atoms with Crippen molar-refractivity contribution in [1.29, 1.82) is 0 Å². The molecule has 86 valence electrons. The summed E-state index contributed by atoms with van der Waals surface area (Å²) >= 11 is 0. The van der Waals surface area contributed by atoms with Gasteiger partial charge in [-0.1, -0.05) is 0 Å². The van der Waals surface area contributed by atoms with Crippen LogP contribution in [0, 0.1) is 10.1 Å². The van der Waals surface area contributed by atoms with E-state index in [-0.39, 0.29) is 23.3 Å². The fraction of sp³-hybridized carbons (Fsp3) is 0.400. The number of phenolic OH excluding ortho intramolecular Hbond substituents is 1. The van der Waals surface area contributed by atoms with E-state index in [4.69, 9.17) is 4.74 Å². The van der Waals surface area contributed by atoms with Gasteiger partial charge in [-0.2, -0.15) is 0 Å². The first-order valence-electron chi connectivity index (χ1n) is 5.01. The molecule has 1 aromatic carbocycles. The van der Waals surface area contributed by atoms with Crippen molar-refractivity contribution < 1.29 is 14.8 Å². The summed E-state index contributed by atoms with van der Waals surface area (Å²) in [4.78, 5) is 10.2. The van der Waals surface area contributed by atoms with E-state index in [1.54, 1.807) is 0 Å². The summed E-state index contributed by atoms with van der Waals surface area (Å²) in [5.41, 5.74) is -0.121. The minimum absolute atomic E-state index is 0.0356. The van der Waals surface area contributed by atoms with Crippen LogP contribution in [0.3, 0.4) is 0 Å². The van der Waals surface area contributed by atoms with Crippen LogP contribution in [-0.4, -0.2) is 29.2 Å². The molecule has 16 heavy (non-hydrogen) atoms. The molecule has 1 unspecified atom stereocenters. The molecule has 2 rings (SSSR count). The molecule has 1 saturated heterocycles. The van der Waals surface area contributed by atoms with Gasteiger partial charge in [-0.25, -0.2) is 0 Å². The van der Waals surface area contributed by atoms with Crippen LogP contribution in [0.5, 0.6) is 11.5 Å². The van der Waals surface area contributed by atoms with Crippen molar-refractivity contribution in [1.82, 2.24) is 5.32 Å². The van der Waals surface area contributed by atoms with Crippen molar-refractivity contribution in [2.75, 3.05) is 13.1 Å². The van der Waals surface area contributed by atoms with Gasteiger partial charge in [0.1, 0.15) is 11.9 Å². The molecule has 0 bridgehead atoms. The largest absolute Gasteiger partial charge is 0.508 e. The molecule has 0 spiro atoms. The van der Waals surface area contributed by atoms with Crippen molar-refractivity contribution in [3.63, 3.8) is 0 Å². The van der Waals surface area contributed by atoms with Crippen LogP contribution >= 0.6 is 0 Å². The Hall–Kier alpha value is -1.82. The van der Waals surface area contributed by atoms with Gasteiger partial charge in [0.25, 0.3) is 0 Å². The first-order chi connectivity index (χ1) is 7.66. The number of aromatic hydroxyl groups is 1. The highest BCUT2D eigenvalue weighted by molar-refractivity contribution is 5.50. The lowest BCUT2D eigenvalue weighted by Crippen LogP contribution is -2.20. The van der Waals surface area contributed by atoms with Gasteiger partial charge in [-0.15, -0.1) is 0 Å². The molecular weight excluding hydrogens is 212 g/mol. The summed E-state index contributed by atoms with van der Waals surface area (Å²) in [5, 5.41) is 23.1. The van der Waals surface area contributed by atoms with E-state index in [0.29, 0.717) is 6.54 Å². The number of nitro benzene ring substituents is 1. The molecule has 2 N–H and O–H groups in total. The average Bonchev–Trinajstić information content (AvgIpc) is 2.70. The number of hydrogen-bond acceptors (Lipinski definition) is 5. The highest BCUT2D eigenvalue weighted by atomic mass is 16.6. The summed E-state index contributed by atoms with van der Waals surface area (Å²) in [6.45, 7) is 1.52. The van der Waals surface area contributed by atoms with Gasteiger partial charge >= 0.3 is 5.69 Å². The molecule has 6 heteroatoms. The molecule has 0 aromatic heterocycles. The second-order valence-electron chi connectivity index (χ2n) is 3.64. The molecule has 1 heterocycles. The third-order valence-electron chi connectivity index (χ3n) is 2.45. The van der Waals surface area contributed by atoms with Gasteiger partial charge in [0.2, 0.25) is 5.75 Å². The Balaban J connectivity index is 2.22. The van der Waals surface area contributed by atoms with Crippen LogP contribution in [0.25, 0.3) is 0 Å². The second kappa shape index (κ2) is 4.36. The number of benzene rings is 1. The fourth-order valence-corrected chi connectivity index (χ4v) is 1.66. The predicted molar refractivity (Wildman–Crippen MR) is 56.7 cm³/mol. The van der Waals surface area contributed by atoms with Crippen molar-refractivity contribution in [2.45, 2.75) is 12.5 Å². The Labute approximate surface area is 92.0 Å². The highest BCUT2D eigenvalue weighted by Gasteiger charge is 2.22. The van der Waals surface area contributed by atoms with Crippen molar-refractivity contribution in [3.05, 3.63) is 28.3 Å². The van der Waals surface area contributed by atoms with Gasteiger partial charge in [0.15, 0.2) is 0 Å². The second-order valence-corrected chi connectivity index (χ2v) is 3.64. The van der Waals surface area contributed by atoms with E-state index in [9.17, 15) is 15.2 Å². The minimum Gasteiger partial charge on any atom is -0.508 e. The van der Waals surface area contributed by atoms with Crippen LogP contribution in [0.1, 0.15) is 6.42 Å². The maximum atomic E-state index is 10.7. The zero-order chi connectivity index (χ0) is 11.5. The average molecular weight is 224 g/mol. The summed E-state index contributed by atoms with van der Waals surface area (Å²) in [7, 11) is 0. The van der Waals surface area contributed by atoms with E-state index in [0.717, 1.165) is 13.0 Å². The smallest absolute Gasteiger partial charge is 0.311 e. The molecule has 0 radical (unpaired) electrons. The van der Waals surface area contributed by atoms with Crippen LogP contribution in [0.15, 0.2) is 18.2 Å². The number of nitrogens with one attached hydrogen (secondary N) is 1. The number of nitrogens with zero attached hydrogens (tertiary/aromatic N) is 1. The van der Waals surface area contributed by atoms with Gasteiger partial charge in [-0.3, -0.25) is 10.1 Å². The molecular formula is C10H12N2O4. The summed E-state index contributed by atoms with van der Waals surface area (Å²) in [5.74, 6) is 0.0882. The predicted octanol–water partition coefficient (Wildman–Crippen LogP) is 1.04. The Bertz CT molecular complexity index is 402. The van der Waals surface area contributed by atoms with E-state index in [1.165, 1.54) is 18.2 Å². The van der Waals surface area contributed by atoms with Crippen molar-refractivity contribution >= 4 is 5.69 Å². The van der Waals surface area contributed by atoms with E-state index < -0.39 is 4.92 Å². The van der Waals surface area contributed by atoms with Crippen molar-refractivity contribution in [3.8, 4) is 11.5 Å². The van der Waals surface area contributed by atoms with E-state index in [2.05, 4.69) is 5.32 Å². The molecule has 1 aliphatic heterocycles. The number of phenols is 1. The zero-order valence-corrected chi connectivity index (χ0v) is 8.55. The van der Waals surface area contributed by atoms with E-state index >= 15 is 0 Å². The molecule has 1 aliphatic rings. The number of hydrogen-bond donors (Lipinski definition) is 2. The SMILES string of the molecule is O=[N+]([O-])c1ccc(O)cc1OC1CCNC1. The third kappa shape index (κ3) is 2.22. The van der Waals surface area contributed by atoms with Gasteiger partial charge in [0, 0.05) is 18.7 Å². The lowest BCUT2D eigenvalue weighted by atomic mass is 10.2. The van der Waals surface area contributed by atoms with Crippen LogP contribution in [0.4, 0.5) is 5.69 Å². The van der Waals surface area contributed by atoms with Crippen LogP contribution < -0.4 is 10.1 Å². The van der Waals surface area contributed by atoms with Crippen molar-refractivity contribution in [2.24, 2.45) is 0 Å². The maximum Gasteiger partial charge on any atom is 0.311 e. The van der Waals surface area contributed by atoms with Gasteiger partial charge in [-0.05, 0) is 19.0 Å². The van der Waals surface area contributed by atoms with Gasteiger partial charge < -0.3 is 15.2 Å². The topological polar surface area (TPSA) is 84.6 Å². The maximum absolute atomic E-state index is 10.7. The van der Waals surface area contributed by atoms with Gasteiger partial charge in [0.05, 0.1) is 4.92 Å². The number of rotatable bonds is 3. The first kappa shape index (κ1) is 10.7. The fourth-order valence-electron chi connectivity index (χ4n) is 1.66. The molecule has 1 atom stereocenters. The molecule has 1 aromatic rings.